The highest BCUT2D eigenvalue weighted by Crippen LogP contribution is 2.41. The summed E-state index contributed by atoms with van der Waals surface area (Å²) in [6.45, 7) is 0. The number of halogens is 12. The molecule has 0 unspecified atom stereocenters. The molecule has 0 aromatic rings. The van der Waals surface area contributed by atoms with Gasteiger partial charge in [0.1, 0.15) is 0 Å². The van der Waals surface area contributed by atoms with Gasteiger partial charge in [0.25, 0.3) is 6.08 Å². The summed E-state index contributed by atoms with van der Waals surface area (Å²) in [6.07, 6.45) is -18.4. The van der Waals surface area contributed by atoms with Crippen LogP contribution in [0.2, 0.25) is 0 Å². The Labute approximate surface area is 123 Å². The third-order valence-corrected chi connectivity index (χ3v) is 2.19. The normalized spacial score (nSPS) is 12.7. The highest BCUT2D eigenvalue weighted by molar-refractivity contribution is 7.86. The Balaban J connectivity index is 0. The van der Waals surface area contributed by atoms with E-state index in [1.807, 2.05) is 0 Å². The lowest BCUT2D eigenvalue weighted by molar-refractivity contribution is -0.310. The van der Waals surface area contributed by atoms with Crippen molar-refractivity contribution in [3.05, 3.63) is 24.3 Å². The Bertz CT molecular complexity index is 581. The molecule has 4 nitrogen and oxygen atoms in total. The van der Waals surface area contributed by atoms with Crippen LogP contribution >= 0.6 is 0 Å². The number of hydrogen-bond acceptors (Lipinski definition) is 3. The number of ether oxygens (including phenoxy) is 1. The molecule has 0 saturated carbocycles. The molecule has 0 aliphatic rings. The zero-order valence-corrected chi connectivity index (χ0v) is 11.0. The van der Waals surface area contributed by atoms with E-state index in [1.165, 1.54) is 0 Å². The maximum Gasteiger partial charge on any atom is 0.485 e. The van der Waals surface area contributed by atoms with Gasteiger partial charge in [0.2, 0.25) is 0 Å². The summed E-state index contributed by atoms with van der Waals surface area (Å²) in [5, 5.41) is -6.28. The first-order valence-corrected chi connectivity index (χ1v) is 5.91. The van der Waals surface area contributed by atoms with Gasteiger partial charge in [-0.2, -0.15) is 61.1 Å². The Morgan fingerprint density at radius 2 is 1.25 bits per heavy atom. The van der Waals surface area contributed by atoms with Crippen LogP contribution in [0, 0.1) is 0 Å². The van der Waals surface area contributed by atoms with Crippen LogP contribution in [0.5, 0.6) is 0 Å². The van der Waals surface area contributed by atoms with E-state index in [0.29, 0.717) is 0 Å². The van der Waals surface area contributed by atoms with Gasteiger partial charge in [-0.1, -0.05) is 0 Å². The summed E-state index contributed by atoms with van der Waals surface area (Å²) in [7, 11) is -6.67. The second-order valence-corrected chi connectivity index (χ2v) is 4.58. The fourth-order valence-corrected chi connectivity index (χ4v) is 0.826. The summed E-state index contributed by atoms with van der Waals surface area (Å²) >= 11 is 0. The van der Waals surface area contributed by atoms with Crippen molar-refractivity contribution in [3.8, 4) is 0 Å². The maximum absolute atomic E-state index is 12.2. The number of rotatable bonds is 4. The van der Waals surface area contributed by atoms with E-state index in [1.54, 1.807) is 0 Å². The van der Waals surface area contributed by atoms with Gasteiger partial charge in [-0.25, -0.2) is 0 Å². The predicted octanol–water partition coefficient (Wildman–Crippen LogP) is 4.44. The molecule has 0 spiro atoms. The van der Waals surface area contributed by atoms with Crippen LogP contribution in [0.25, 0.3) is 0 Å². The van der Waals surface area contributed by atoms with Gasteiger partial charge in [0.15, 0.2) is 0 Å². The first-order chi connectivity index (χ1) is 10.2. The van der Waals surface area contributed by atoms with Gasteiger partial charge in [-0.15, -0.1) is 0 Å². The quantitative estimate of drug-likeness (QED) is 0.423. The second-order valence-electron chi connectivity index (χ2n) is 3.12. The first kappa shape index (κ1) is 24.6. The molecule has 144 valence electrons. The number of alkyl halides is 7. The van der Waals surface area contributed by atoms with E-state index >= 15 is 0 Å². The second kappa shape index (κ2) is 7.95. The fraction of sp³-hybridized carbons (Fsp3) is 0.429. The van der Waals surface area contributed by atoms with Gasteiger partial charge >= 0.3 is 39.8 Å². The Morgan fingerprint density at radius 3 is 1.42 bits per heavy atom. The Morgan fingerprint density at radius 1 is 0.875 bits per heavy atom. The smallest absolute Gasteiger partial charge is 0.397 e. The average Bonchev–Trinajstić information content (AvgIpc) is 2.23. The summed E-state index contributed by atoms with van der Waals surface area (Å²) < 4.78 is 166. The lowest BCUT2D eigenvalue weighted by Crippen LogP contribution is -2.48. The Hall–Kier alpha value is -1.65. The van der Waals surface area contributed by atoms with Crippen molar-refractivity contribution in [2.75, 3.05) is 0 Å². The predicted molar refractivity (Wildman–Crippen MR) is 49.2 cm³/mol. The summed E-state index contributed by atoms with van der Waals surface area (Å²) in [5.41, 5.74) is 0. The third kappa shape index (κ3) is 8.27. The lowest BCUT2D eigenvalue weighted by Gasteiger charge is -2.22. The topological polar surface area (TPSA) is 63.6 Å². The lowest BCUT2D eigenvalue weighted by atomic mass is 10.6. The molecule has 17 heteroatoms. The summed E-state index contributed by atoms with van der Waals surface area (Å²) in [6, 6.07) is -3.40. The van der Waals surface area contributed by atoms with Gasteiger partial charge in [0, 0.05) is 0 Å². The van der Waals surface area contributed by atoms with E-state index in [9.17, 15) is 61.1 Å². The molecule has 0 aromatic carbocycles. The standard InChI is InChI=1S/C4HF7O4S.C3HF5/c5-1(6)2(7)15-3(8,9)4(10,11)16(12,13)14;4-2(5)1-3(6,7)8/h(H,12,13,14);1H. The van der Waals surface area contributed by atoms with E-state index in [0.717, 1.165) is 0 Å². The van der Waals surface area contributed by atoms with Crippen LogP contribution in [0.1, 0.15) is 0 Å². The minimum absolute atomic E-state index is 1.06. The van der Waals surface area contributed by atoms with Crippen LogP contribution in [-0.4, -0.2) is 30.5 Å². The molecular formula is C7H2F12O4S. The van der Waals surface area contributed by atoms with Crippen LogP contribution in [-0.2, 0) is 14.9 Å². The molecule has 0 saturated heterocycles. The van der Waals surface area contributed by atoms with Crippen molar-refractivity contribution in [1.29, 1.82) is 0 Å². The summed E-state index contributed by atoms with van der Waals surface area (Å²) in [4.78, 5) is 0. The van der Waals surface area contributed by atoms with E-state index in [4.69, 9.17) is 4.55 Å². The molecule has 24 heavy (non-hydrogen) atoms. The molecule has 0 radical (unpaired) electrons. The first-order valence-electron chi connectivity index (χ1n) is 4.47. The van der Waals surface area contributed by atoms with Gasteiger partial charge < -0.3 is 4.74 Å². The van der Waals surface area contributed by atoms with Crippen LogP contribution in [0.4, 0.5) is 52.7 Å². The SMILES string of the molecule is FC(F)=CC(F)(F)F.O=S(=O)(O)C(F)(F)C(F)(F)OC(F)=C(F)F. The van der Waals surface area contributed by atoms with Crippen LogP contribution in [0.3, 0.4) is 0 Å². The van der Waals surface area contributed by atoms with E-state index < -0.39 is 51.9 Å². The third-order valence-electron chi connectivity index (χ3n) is 1.30. The van der Waals surface area contributed by atoms with E-state index in [-0.39, 0.29) is 0 Å². The molecule has 0 fully saturated rings. The molecular weight excluding hydrogens is 408 g/mol. The molecule has 1 N–H and O–H groups in total. The highest BCUT2D eigenvalue weighted by Gasteiger charge is 2.69. The molecule has 0 aliphatic carbocycles. The molecule has 0 aliphatic heterocycles. The highest BCUT2D eigenvalue weighted by atomic mass is 32.2. The van der Waals surface area contributed by atoms with Gasteiger partial charge in [-0.05, 0) is 0 Å². The van der Waals surface area contributed by atoms with Gasteiger partial charge in [0.05, 0.1) is 6.08 Å². The minimum Gasteiger partial charge on any atom is -0.397 e. The monoisotopic (exact) mass is 410 g/mol. The largest absolute Gasteiger partial charge is 0.485 e. The number of allylic oxidation sites excluding steroid dienone is 1. The van der Waals surface area contributed by atoms with Crippen molar-refractivity contribution in [3.63, 3.8) is 0 Å². The fourth-order valence-electron chi connectivity index (χ4n) is 0.484. The Kier molecular flexibility index (Phi) is 8.15. The maximum atomic E-state index is 12.2. The van der Waals surface area contributed by atoms with Crippen LogP contribution < -0.4 is 0 Å². The molecule has 0 rings (SSSR count). The van der Waals surface area contributed by atoms with Crippen LogP contribution in [0.15, 0.2) is 24.3 Å². The minimum atomic E-state index is -6.67. The molecule has 0 heterocycles. The zero-order valence-electron chi connectivity index (χ0n) is 10.2. The van der Waals surface area contributed by atoms with Crippen molar-refractivity contribution in [2.24, 2.45) is 0 Å². The average molecular weight is 410 g/mol. The van der Waals surface area contributed by atoms with E-state index in [2.05, 4.69) is 4.74 Å². The van der Waals surface area contributed by atoms with Crippen molar-refractivity contribution >= 4 is 10.1 Å². The number of hydrogen-bond donors (Lipinski definition) is 1. The molecule has 0 amide bonds. The van der Waals surface area contributed by atoms with Crippen molar-refractivity contribution in [1.82, 2.24) is 0 Å². The molecule has 0 atom stereocenters. The molecule has 0 bridgehead atoms. The van der Waals surface area contributed by atoms with Gasteiger partial charge in [-0.3, -0.25) is 4.55 Å². The van der Waals surface area contributed by atoms with Crippen molar-refractivity contribution in [2.45, 2.75) is 17.5 Å². The molecule has 0 aromatic heterocycles. The zero-order chi connectivity index (χ0) is 20.1. The summed E-state index contributed by atoms with van der Waals surface area (Å²) in [5.74, 6) is 0. The van der Waals surface area contributed by atoms with Crippen molar-refractivity contribution < 1.29 is 70.4 Å².